The van der Waals surface area contributed by atoms with Gasteiger partial charge in [-0.25, -0.2) is 0 Å². The molecule has 0 saturated carbocycles. The number of aliphatic hydroxyl groups excluding tert-OH is 1. The van der Waals surface area contributed by atoms with Gasteiger partial charge < -0.3 is 14.5 Å². The molecule has 0 spiro atoms. The molecule has 0 aromatic heterocycles. The summed E-state index contributed by atoms with van der Waals surface area (Å²) in [5, 5.41) is 7.57. The third-order valence-electron chi connectivity index (χ3n) is 2.45. The molecule has 0 saturated heterocycles. The van der Waals surface area contributed by atoms with Crippen LogP contribution in [0.2, 0.25) is 0 Å². The van der Waals surface area contributed by atoms with Crippen LogP contribution in [0.15, 0.2) is 12.1 Å². The summed E-state index contributed by atoms with van der Waals surface area (Å²) >= 11 is 0. The van der Waals surface area contributed by atoms with Crippen LogP contribution >= 0.6 is 7.60 Å². The van der Waals surface area contributed by atoms with Gasteiger partial charge in [-0.15, -0.1) is 0 Å². The van der Waals surface area contributed by atoms with E-state index in [1.165, 1.54) is 0 Å². The fraction of sp³-hybridized carbons (Fsp3) is 0.500. The smallest absolute Gasteiger partial charge is 0.397 e. The summed E-state index contributed by atoms with van der Waals surface area (Å²) in [4.78, 5) is 21.5. The zero-order chi connectivity index (χ0) is 15.9. The number of rotatable bonds is 4. The Bertz CT molecular complexity index is 487. The molecule has 6 heteroatoms. The van der Waals surface area contributed by atoms with E-state index in [0.29, 0.717) is 11.1 Å². The van der Waals surface area contributed by atoms with Crippen LogP contribution in [-0.2, 0) is 9.09 Å². The first-order valence-electron chi connectivity index (χ1n) is 6.42. The maximum Gasteiger partial charge on any atom is 0.399 e. The van der Waals surface area contributed by atoms with Crippen molar-refractivity contribution in [2.45, 2.75) is 34.6 Å². The van der Waals surface area contributed by atoms with Gasteiger partial charge in [0.05, 0.1) is 6.61 Å². The van der Waals surface area contributed by atoms with Crippen molar-refractivity contribution < 1.29 is 23.9 Å². The molecule has 1 aromatic rings. The molecule has 0 amide bonds. The van der Waals surface area contributed by atoms with E-state index in [-0.39, 0.29) is 18.8 Å². The lowest BCUT2D eigenvalue weighted by molar-refractivity contribution is 0.102. The van der Waals surface area contributed by atoms with Gasteiger partial charge in [0, 0.05) is 12.2 Å². The Hall–Kier alpha value is -1.00. The number of carbonyl (C=O) groups is 1. The second-order valence-electron chi connectivity index (χ2n) is 4.33. The first kappa shape index (κ1) is 19.0. The summed E-state index contributed by atoms with van der Waals surface area (Å²) in [6, 6.07) is 3.62. The Morgan fingerprint density at radius 1 is 1.20 bits per heavy atom. The summed E-state index contributed by atoms with van der Waals surface area (Å²) in [6.45, 7) is 8.95. The third-order valence-corrected chi connectivity index (χ3v) is 3.80. The predicted octanol–water partition coefficient (Wildman–Crippen LogP) is 2.97. The number of aliphatic hydroxyl groups is 1. The maximum absolute atomic E-state index is 12.0. The second-order valence-corrected chi connectivity index (χ2v) is 6.04. The van der Waals surface area contributed by atoms with Crippen molar-refractivity contribution >= 4 is 13.1 Å². The number of hydrogen-bond donors (Lipinski definition) is 2. The van der Waals surface area contributed by atoms with Crippen molar-refractivity contribution in [3.05, 3.63) is 34.4 Å². The summed E-state index contributed by atoms with van der Waals surface area (Å²) in [6.07, 6.45) is 0. The minimum absolute atomic E-state index is 0.0312. The molecule has 2 N–H and O–H groups in total. The standard InChI is InChI=1S/C12H17O4P.C2H6O/c1-5-16-17(14,15)12(13)11-9(3)6-8(2)7-10(11)4;1-2-3/h6-7H,5H2,1-4H3,(H,14,15);3H,2H2,1H3. The lowest BCUT2D eigenvalue weighted by Gasteiger charge is -2.14. The molecule has 5 nitrogen and oxygen atoms in total. The molecule has 1 aromatic carbocycles. The van der Waals surface area contributed by atoms with Gasteiger partial charge in [-0.3, -0.25) is 9.36 Å². The highest BCUT2D eigenvalue weighted by molar-refractivity contribution is 7.71. The Balaban J connectivity index is 0.00000110. The van der Waals surface area contributed by atoms with E-state index in [4.69, 9.17) is 5.11 Å². The normalized spacial score (nSPS) is 13.2. The van der Waals surface area contributed by atoms with E-state index in [1.807, 2.05) is 19.1 Å². The zero-order valence-electron chi connectivity index (χ0n) is 12.6. The van der Waals surface area contributed by atoms with Gasteiger partial charge in [-0.2, -0.15) is 0 Å². The predicted molar refractivity (Wildman–Crippen MR) is 79.2 cm³/mol. The number of carbonyl (C=O) groups excluding carboxylic acids is 1. The van der Waals surface area contributed by atoms with Gasteiger partial charge in [0.1, 0.15) is 0 Å². The van der Waals surface area contributed by atoms with Gasteiger partial charge in [0.15, 0.2) is 0 Å². The van der Waals surface area contributed by atoms with Gasteiger partial charge in [-0.05, 0) is 45.7 Å². The van der Waals surface area contributed by atoms with E-state index in [0.717, 1.165) is 5.56 Å². The lowest BCUT2D eigenvalue weighted by atomic mass is 10.0. The molecule has 114 valence electrons. The molecule has 0 heterocycles. The molecule has 1 atom stereocenters. The molecule has 20 heavy (non-hydrogen) atoms. The molecule has 0 aliphatic rings. The van der Waals surface area contributed by atoms with Crippen LogP contribution in [0, 0.1) is 20.8 Å². The van der Waals surface area contributed by atoms with Crippen LogP contribution in [0.3, 0.4) is 0 Å². The molecule has 0 bridgehead atoms. The van der Waals surface area contributed by atoms with E-state index in [9.17, 15) is 14.3 Å². The minimum Gasteiger partial charge on any atom is -0.397 e. The van der Waals surface area contributed by atoms with Crippen LogP contribution in [0.25, 0.3) is 0 Å². The lowest BCUT2D eigenvalue weighted by Crippen LogP contribution is -2.08. The Kier molecular flexibility index (Phi) is 7.91. The summed E-state index contributed by atoms with van der Waals surface area (Å²) in [5.41, 5.74) is 1.87. The van der Waals surface area contributed by atoms with E-state index in [1.54, 1.807) is 27.7 Å². The Morgan fingerprint density at radius 2 is 1.60 bits per heavy atom. The molecule has 0 fully saturated rings. The molecular weight excluding hydrogens is 279 g/mol. The number of aryl methyl sites for hydroxylation is 3. The maximum atomic E-state index is 12.0. The number of hydrogen-bond acceptors (Lipinski definition) is 4. The van der Waals surface area contributed by atoms with E-state index >= 15 is 0 Å². The fourth-order valence-electron chi connectivity index (χ4n) is 1.89. The van der Waals surface area contributed by atoms with Crippen LogP contribution in [0.4, 0.5) is 0 Å². The van der Waals surface area contributed by atoms with Gasteiger partial charge in [0.2, 0.25) is 0 Å². The largest absolute Gasteiger partial charge is 0.399 e. The van der Waals surface area contributed by atoms with Crippen LogP contribution in [-0.4, -0.2) is 28.7 Å². The first-order valence-corrected chi connectivity index (χ1v) is 7.99. The van der Waals surface area contributed by atoms with E-state index < -0.39 is 13.1 Å². The fourth-order valence-corrected chi connectivity index (χ4v) is 2.99. The quantitative estimate of drug-likeness (QED) is 0.835. The topological polar surface area (TPSA) is 83.8 Å². The monoisotopic (exact) mass is 302 g/mol. The molecular formula is C14H23O5P. The first-order chi connectivity index (χ1) is 9.21. The zero-order valence-corrected chi connectivity index (χ0v) is 13.5. The van der Waals surface area contributed by atoms with Crippen LogP contribution < -0.4 is 0 Å². The Labute approximate surface area is 120 Å². The number of benzene rings is 1. The third kappa shape index (κ3) is 5.17. The van der Waals surface area contributed by atoms with Crippen LogP contribution in [0.1, 0.15) is 40.9 Å². The Morgan fingerprint density at radius 3 is 1.95 bits per heavy atom. The van der Waals surface area contributed by atoms with Crippen LogP contribution in [0.5, 0.6) is 0 Å². The van der Waals surface area contributed by atoms with Crippen molar-refractivity contribution in [2.24, 2.45) is 0 Å². The van der Waals surface area contributed by atoms with E-state index in [2.05, 4.69) is 4.52 Å². The summed E-state index contributed by atoms with van der Waals surface area (Å²) in [5.74, 6) is 0. The van der Waals surface area contributed by atoms with Crippen molar-refractivity contribution in [3.8, 4) is 0 Å². The highest BCUT2D eigenvalue weighted by Crippen LogP contribution is 2.46. The minimum atomic E-state index is -4.21. The second kappa shape index (κ2) is 8.32. The molecule has 1 unspecified atom stereocenters. The van der Waals surface area contributed by atoms with Crippen molar-refractivity contribution in [1.29, 1.82) is 0 Å². The molecule has 0 radical (unpaired) electrons. The van der Waals surface area contributed by atoms with Gasteiger partial charge in [0.25, 0.3) is 5.52 Å². The summed E-state index contributed by atoms with van der Waals surface area (Å²) < 4.78 is 16.3. The molecule has 0 aliphatic heterocycles. The highest BCUT2D eigenvalue weighted by Gasteiger charge is 2.33. The summed E-state index contributed by atoms with van der Waals surface area (Å²) in [7, 11) is -4.21. The van der Waals surface area contributed by atoms with Gasteiger partial charge in [-0.1, -0.05) is 17.7 Å². The van der Waals surface area contributed by atoms with Crippen molar-refractivity contribution in [1.82, 2.24) is 0 Å². The van der Waals surface area contributed by atoms with Crippen molar-refractivity contribution in [3.63, 3.8) is 0 Å². The molecule has 0 aliphatic carbocycles. The SMILES string of the molecule is CCO.CCOP(=O)(O)C(=O)c1c(C)cc(C)cc1C. The van der Waals surface area contributed by atoms with Gasteiger partial charge >= 0.3 is 7.60 Å². The molecule has 1 rings (SSSR count). The highest BCUT2D eigenvalue weighted by atomic mass is 31.2. The average molecular weight is 302 g/mol. The average Bonchev–Trinajstić information content (AvgIpc) is 2.28. The van der Waals surface area contributed by atoms with Crippen molar-refractivity contribution in [2.75, 3.05) is 13.2 Å².